The quantitative estimate of drug-likeness (QED) is 0.585. The molecule has 0 atom stereocenters. The molecule has 2 rings (SSSR count). The van der Waals surface area contributed by atoms with Gasteiger partial charge in [0.2, 0.25) is 10.8 Å². The standard InChI is InChI=1S/C5H3ClN6O2S/c6-4-9-8-3(15-4)1-11-2-7-5(10-11)12(13)14/h2H,1H2. The van der Waals surface area contributed by atoms with Gasteiger partial charge in [0.15, 0.2) is 0 Å². The molecule has 2 aromatic rings. The lowest BCUT2D eigenvalue weighted by Crippen LogP contribution is -2.00. The summed E-state index contributed by atoms with van der Waals surface area (Å²) in [7, 11) is 0. The zero-order valence-electron chi connectivity index (χ0n) is 7.07. The summed E-state index contributed by atoms with van der Waals surface area (Å²) in [6.07, 6.45) is 1.26. The Bertz CT molecular complexity index is 495. The minimum Gasteiger partial charge on any atom is -0.390 e. The predicted molar refractivity (Wildman–Crippen MR) is 50.7 cm³/mol. The van der Waals surface area contributed by atoms with Crippen molar-refractivity contribution in [2.45, 2.75) is 6.54 Å². The van der Waals surface area contributed by atoms with Crippen molar-refractivity contribution in [3.8, 4) is 0 Å². The largest absolute Gasteiger partial charge is 0.490 e. The number of rotatable bonds is 3. The maximum atomic E-state index is 10.3. The Morgan fingerprint density at radius 3 is 2.93 bits per heavy atom. The SMILES string of the molecule is O=[N+]([O-])c1ncn(Cc2nnc(Cl)s2)n1. The van der Waals surface area contributed by atoms with Crippen molar-refractivity contribution in [2.75, 3.05) is 0 Å². The van der Waals surface area contributed by atoms with Crippen molar-refractivity contribution >= 4 is 28.9 Å². The molecule has 0 saturated heterocycles. The molecule has 15 heavy (non-hydrogen) atoms. The normalized spacial score (nSPS) is 10.5. The minimum atomic E-state index is -0.663. The summed E-state index contributed by atoms with van der Waals surface area (Å²) in [4.78, 5) is 13.1. The molecule has 2 heterocycles. The van der Waals surface area contributed by atoms with Crippen LogP contribution in [0.15, 0.2) is 6.33 Å². The van der Waals surface area contributed by atoms with Crippen LogP contribution in [-0.4, -0.2) is 29.9 Å². The highest BCUT2D eigenvalue weighted by molar-refractivity contribution is 7.15. The number of hydrogen-bond acceptors (Lipinski definition) is 7. The number of halogens is 1. The summed E-state index contributed by atoms with van der Waals surface area (Å²) in [5.41, 5.74) is 0. The van der Waals surface area contributed by atoms with E-state index in [1.165, 1.54) is 22.3 Å². The highest BCUT2D eigenvalue weighted by Gasteiger charge is 2.14. The summed E-state index contributed by atoms with van der Waals surface area (Å²) >= 11 is 6.76. The van der Waals surface area contributed by atoms with E-state index >= 15 is 0 Å². The van der Waals surface area contributed by atoms with Crippen LogP contribution in [0.5, 0.6) is 0 Å². The van der Waals surface area contributed by atoms with Gasteiger partial charge in [-0.3, -0.25) is 0 Å². The molecule has 0 aromatic carbocycles. The minimum absolute atomic E-state index is 0.269. The van der Waals surface area contributed by atoms with Gasteiger partial charge < -0.3 is 10.1 Å². The van der Waals surface area contributed by atoms with E-state index in [4.69, 9.17) is 11.6 Å². The lowest BCUT2D eigenvalue weighted by Gasteiger charge is -1.88. The Morgan fingerprint density at radius 2 is 2.40 bits per heavy atom. The molecule has 0 unspecified atom stereocenters. The van der Waals surface area contributed by atoms with Gasteiger partial charge in [0.05, 0.1) is 0 Å². The molecule has 0 aliphatic rings. The van der Waals surface area contributed by atoms with Crippen LogP contribution in [0.1, 0.15) is 5.01 Å². The van der Waals surface area contributed by atoms with Gasteiger partial charge in [0.25, 0.3) is 0 Å². The fourth-order valence-corrected chi connectivity index (χ4v) is 1.74. The lowest BCUT2D eigenvalue weighted by molar-refractivity contribution is -0.394. The van der Waals surface area contributed by atoms with Crippen LogP contribution in [0.4, 0.5) is 5.95 Å². The van der Waals surface area contributed by atoms with Gasteiger partial charge in [0, 0.05) is 5.10 Å². The van der Waals surface area contributed by atoms with E-state index in [9.17, 15) is 10.1 Å². The van der Waals surface area contributed by atoms with E-state index < -0.39 is 10.9 Å². The van der Waals surface area contributed by atoms with Crippen LogP contribution in [0.3, 0.4) is 0 Å². The van der Waals surface area contributed by atoms with Gasteiger partial charge in [0.1, 0.15) is 11.6 Å². The van der Waals surface area contributed by atoms with Crippen molar-refractivity contribution in [3.05, 3.63) is 25.9 Å². The maximum absolute atomic E-state index is 10.3. The topological polar surface area (TPSA) is 99.6 Å². The van der Waals surface area contributed by atoms with Crippen molar-refractivity contribution < 1.29 is 4.92 Å². The van der Waals surface area contributed by atoms with Gasteiger partial charge in [-0.1, -0.05) is 16.3 Å². The Labute approximate surface area is 91.7 Å². The molecule has 0 radical (unpaired) electrons. The summed E-state index contributed by atoms with van der Waals surface area (Å²) in [6.45, 7) is 0.269. The van der Waals surface area contributed by atoms with Crippen molar-refractivity contribution in [2.24, 2.45) is 0 Å². The second kappa shape index (κ2) is 3.87. The Hall–Kier alpha value is -1.61. The molecule has 0 aliphatic heterocycles. The first-order valence-electron chi connectivity index (χ1n) is 3.67. The Kier molecular flexibility index (Phi) is 2.56. The zero-order chi connectivity index (χ0) is 10.8. The van der Waals surface area contributed by atoms with E-state index in [2.05, 4.69) is 20.3 Å². The van der Waals surface area contributed by atoms with Crippen LogP contribution in [0.25, 0.3) is 0 Å². The molecule has 0 amide bonds. The first kappa shape index (κ1) is 9.93. The summed E-state index contributed by atoms with van der Waals surface area (Å²) in [5.74, 6) is -0.439. The molecule has 0 N–H and O–H groups in total. The third-order valence-electron chi connectivity index (χ3n) is 1.43. The van der Waals surface area contributed by atoms with Gasteiger partial charge in [-0.15, -0.1) is 10.2 Å². The van der Waals surface area contributed by atoms with E-state index in [-0.39, 0.29) is 6.54 Å². The van der Waals surface area contributed by atoms with Crippen molar-refractivity contribution in [1.29, 1.82) is 0 Å². The van der Waals surface area contributed by atoms with Crippen molar-refractivity contribution in [1.82, 2.24) is 25.0 Å². The first-order valence-corrected chi connectivity index (χ1v) is 4.86. The van der Waals surface area contributed by atoms with E-state index in [0.29, 0.717) is 9.47 Å². The van der Waals surface area contributed by atoms with Gasteiger partial charge >= 0.3 is 5.95 Å². The molecule has 10 heteroatoms. The van der Waals surface area contributed by atoms with Crippen molar-refractivity contribution in [3.63, 3.8) is 0 Å². The maximum Gasteiger partial charge on any atom is 0.490 e. The van der Waals surface area contributed by atoms with Crippen LogP contribution in [0.2, 0.25) is 4.47 Å². The molecule has 2 aromatic heterocycles. The molecule has 0 bridgehead atoms. The average molecular weight is 247 g/mol. The smallest absolute Gasteiger partial charge is 0.390 e. The van der Waals surface area contributed by atoms with E-state index in [0.717, 1.165) is 0 Å². The molecule has 0 spiro atoms. The van der Waals surface area contributed by atoms with E-state index in [1.807, 2.05) is 0 Å². The van der Waals surface area contributed by atoms with Gasteiger partial charge in [-0.05, 0) is 16.5 Å². The lowest BCUT2D eigenvalue weighted by atomic mass is 10.7. The Morgan fingerprint density at radius 1 is 1.60 bits per heavy atom. The molecule has 78 valence electrons. The average Bonchev–Trinajstić information content (AvgIpc) is 2.76. The third kappa shape index (κ3) is 2.25. The first-order chi connectivity index (χ1) is 7.15. The summed E-state index contributed by atoms with van der Waals surface area (Å²) in [5, 5.41) is 21.9. The molecular formula is C5H3ClN6O2S. The van der Waals surface area contributed by atoms with Gasteiger partial charge in [-0.25, -0.2) is 0 Å². The second-order valence-electron chi connectivity index (χ2n) is 2.45. The van der Waals surface area contributed by atoms with E-state index in [1.54, 1.807) is 0 Å². The van der Waals surface area contributed by atoms with Crippen LogP contribution < -0.4 is 0 Å². The summed E-state index contributed by atoms with van der Waals surface area (Å²) in [6, 6.07) is 0. The fraction of sp³-hybridized carbons (Fsp3) is 0.200. The molecular weight excluding hydrogens is 244 g/mol. The van der Waals surface area contributed by atoms with Gasteiger partial charge in [-0.2, -0.15) is 4.68 Å². The molecule has 0 saturated carbocycles. The molecule has 0 fully saturated rings. The summed E-state index contributed by atoms with van der Waals surface area (Å²) < 4.78 is 1.62. The zero-order valence-corrected chi connectivity index (χ0v) is 8.64. The molecule has 0 aliphatic carbocycles. The highest BCUT2D eigenvalue weighted by Crippen LogP contribution is 2.15. The second-order valence-corrected chi connectivity index (χ2v) is 4.09. The number of nitrogens with zero attached hydrogens (tertiary/aromatic N) is 6. The molecule has 8 nitrogen and oxygen atoms in total. The monoisotopic (exact) mass is 246 g/mol. The third-order valence-corrected chi connectivity index (χ3v) is 2.43. The fourth-order valence-electron chi connectivity index (χ4n) is 0.880. The van der Waals surface area contributed by atoms with Crippen LogP contribution >= 0.6 is 22.9 Å². The highest BCUT2D eigenvalue weighted by atomic mass is 35.5. The number of aromatic nitrogens is 5. The predicted octanol–water partition coefficient (Wildman–Crippen LogP) is 0.739. The Balaban J connectivity index is 2.14. The number of nitro groups is 1. The number of hydrogen-bond donors (Lipinski definition) is 0. The van der Waals surface area contributed by atoms with Crippen LogP contribution in [0, 0.1) is 10.1 Å². The van der Waals surface area contributed by atoms with Crippen LogP contribution in [-0.2, 0) is 6.54 Å².